The highest BCUT2D eigenvalue weighted by Gasteiger charge is 2.30. The van der Waals surface area contributed by atoms with Crippen molar-refractivity contribution in [3.8, 4) is 0 Å². The summed E-state index contributed by atoms with van der Waals surface area (Å²) in [6.45, 7) is 3.62. The van der Waals surface area contributed by atoms with Gasteiger partial charge in [0.05, 0.1) is 12.0 Å². The van der Waals surface area contributed by atoms with E-state index in [1.165, 1.54) is 12.1 Å². The Labute approximate surface area is 132 Å². The van der Waals surface area contributed by atoms with Crippen LogP contribution in [0.15, 0.2) is 35.9 Å². The summed E-state index contributed by atoms with van der Waals surface area (Å²) in [4.78, 5) is 22.9. The Morgan fingerprint density at radius 3 is 2.22 bits per heavy atom. The van der Waals surface area contributed by atoms with Crippen molar-refractivity contribution < 1.29 is 27.9 Å². The van der Waals surface area contributed by atoms with Crippen LogP contribution in [-0.2, 0) is 22.2 Å². The van der Waals surface area contributed by atoms with Gasteiger partial charge in [-0.25, -0.2) is 4.79 Å². The van der Waals surface area contributed by atoms with Gasteiger partial charge in [-0.2, -0.15) is 13.2 Å². The average molecular weight is 329 g/mol. The first-order valence-electron chi connectivity index (χ1n) is 6.91. The Morgan fingerprint density at radius 2 is 1.78 bits per heavy atom. The topological polar surface area (TPSA) is 66.4 Å². The number of amides is 1. The molecule has 0 radical (unpaired) electrons. The second kappa shape index (κ2) is 7.80. The molecule has 0 saturated heterocycles. The SMILES string of the molecule is CC(C)=CC[C@H](NC(=O)Cc1ccc(C(F)(F)F)cc1)C(=O)O. The van der Waals surface area contributed by atoms with E-state index < -0.39 is 29.7 Å². The second-order valence-electron chi connectivity index (χ2n) is 5.35. The minimum atomic E-state index is -4.43. The number of allylic oxidation sites excluding steroid dienone is 1. The molecule has 1 rings (SSSR count). The van der Waals surface area contributed by atoms with Crippen molar-refractivity contribution in [2.45, 2.75) is 38.9 Å². The molecule has 0 spiro atoms. The van der Waals surface area contributed by atoms with Crippen LogP contribution in [0.5, 0.6) is 0 Å². The third-order valence-corrected chi connectivity index (χ3v) is 3.04. The van der Waals surface area contributed by atoms with Crippen molar-refractivity contribution in [2.24, 2.45) is 0 Å². The number of rotatable bonds is 6. The molecular formula is C16H18F3NO3. The van der Waals surface area contributed by atoms with E-state index in [0.717, 1.165) is 17.7 Å². The fraction of sp³-hybridized carbons (Fsp3) is 0.375. The molecule has 0 heterocycles. The molecule has 1 atom stereocenters. The number of alkyl halides is 3. The third-order valence-electron chi connectivity index (χ3n) is 3.04. The van der Waals surface area contributed by atoms with Crippen LogP contribution >= 0.6 is 0 Å². The molecule has 23 heavy (non-hydrogen) atoms. The predicted molar refractivity (Wildman–Crippen MR) is 78.8 cm³/mol. The molecule has 0 bridgehead atoms. The molecule has 4 nitrogen and oxygen atoms in total. The van der Waals surface area contributed by atoms with Crippen LogP contribution < -0.4 is 5.32 Å². The van der Waals surface area contributed by atoms with Crippen molar-refractivity contribution in [3.63, 3.8) is 0 Å². The van der Waals surface area contributed by atoms with Crippen LogP contribution in [0.1, 0.15) is 31.4 Å². The van der Waals surface area contributed by atoms with Gasteiger partial charge in [0, 0.05) is 0 Å². The zero-order valence-electron chi connectivity index (χ0n) is 12.8. The van der Waals surface area contributed by atoms with E-state index in [2.05, 4.69) is 5.32 Å². The van der Waals surface area contributed by atoms with Gasteiger partial charge in [0.2, 0.25) is 5.91 Å². The van der Waals surface area contributed by atoms with Crippen molar-refractivity contribution in [3.05, 3.63) is 47.0 Å². The molecule has 1 aromatic rings. The van der Waals surface area contributed by atoms with Gasteiger partial charge >= 0.3 is 12.1 Å². The molecule has 1 amide bonds. The van der Waals surface area contributed by atoms with Gasteiger partial charge in [-0.15, -0.1) is 0 Å². The fourth-order valence-corrected chi connectivity index (χ4v) is 1.82. The number of halogens is 3. The van der Waals surface area contributed by atoms with Crippen LogP contribution in [0.25, 0.3) is 0 Å². The molecule has 0 aliphatic heterocycles. The summed E-state index contributed by atoms with van der Waals surface area (Å²) in [5, 5.41) is 11.4. The zero-order chi connectivity index (χ0) is 17.6. The minimum absolute atomic E-state index is 0.149. The van der Waals surface area contributed by atoms with E-state index in [1.807, 2.05) is 13.8 Å². The highest BCUT2D eigenvalue weighted by atomic mass is 19.4. The van der Waals surface area contributed by atoms with Crippen molar-refractivity contribution in [1.29, 1.82) is 0 Å². The van der Waals surface area contributed by atoms with Gasteiger partial charge in [-0.3, -0.25) is 4.79 Å². The summed E-state index contributed by atoms with van der Waals surface area (Å²) in [7, 11) is 0. The predicted octanol–water partition coefficient (Wildman–Crippen LogP) is 3.17. The maximum absolute atomic E-state index is 12.4. The Hall–Kier alpha value is -2.31. The van der Waals surface area contributed by atoms with E-state index in [4.69, 9.17) is 5.11 Å². The largest absolute Gasteiger partial charge is 0.480 e. The lowest BCUT2D eigenvalue weighted by molar-refractivity contribution is -0.141. The zero-order valence-corrected chi connectivity index (χ0v) is 12.8. The van der Waals surface area contributed by atoms with Gasteiger partial charge in [0.1, 0.15) is 6.04 Å². The number of aliphatic carboxylic acids is 1. The number of carbonyl (C=O) groups is 2. The smallest absolute Gasteiger partial charge is 0.416 e. The molecule has 0 fully saturated rings. The summed E-state index contributed by atoms with van der Waals surface area (Å²) < 4.78 is 37.3. The molecule has 0 aliphatic rings. The number of hydrogen-bond acceptors (Lipinski definition) is 2. The quantitative estimate of drug-likeness (QED) is 0.788. The van der Waals surface area contributed by atoms with Gasteiger partial charge in [0.25, 0.3) is 0 Å². The number of carbonyl (C=O) groups excluding carboxylic acids is 1. The Kier molecular flexibility index (Phi) is 6.36. The molecule has 7 heteroatoms. The second-order valence-corrected chi connectivity index (χ2v) is 5.35. The molecular weight excluding hydrogens is 311 g/mol. The molecule has 2 N–H and O–H groups in total. The van der Waals surface area contributed by atoms with Crippen LogP contribution in [0.3, 0.4) is 0 Å². The molecule has 0 unspecified atom stereocenters. The summed E-state index contributed by atoms with van der Waals surface area (Å²) in [5.41, 5.74) is 0.503. The van der Waals surface area contributed by atoms with Crippen LogP contribution in [0, 0.1) is 0 Å². The molecule has 1 aromatic carbocycles. The van der Waals surface area contributed by atoms with Crippen LogP contribution in [0.2, 0.25) is 0 Å². The van der Waals surface area contributed by atoms with E-state index in [9.17, 15) is 22.8 Å². The van der Waals surface area contributed by atoms with E-state index in [1.54, 1.807) is 6.08 Å². The van der Waals surface area contributed by atoms with E-state index in [-0.39, 0.29) is 12.8 Å². The van der Waals surface area contributed by atoms with Gasteiger partial charge < -0.3 is 10.4 Å². The normalized spacial score (nSPS) is 12.4. The fourth-order valence-electron chi connectivity index (χ4n) is 1.82. The minimum Gasteiger partial charge on any atom is -0.480 e. The highest BCUT2D eigenvalue weighted by molar-refractivity contribution is 5.84. The first-order valence-corrected chi connectivity index (χ1v) is 6.91. The Bertz CT molecular complexity index is 588. The Balaban J connectivity index is 2.67. The van der Waals surface area contributed by atoms with Gasteiger partial charge in [-0.1, -0.05) is 23.8 Å². The summed E-state index contributed by atoms with van der Waals surface area (Å²) in [6, 6.07) is 3.12. The maximum atomic E-state index is 12.4. The molecule has 0 saturated carbocycles. The molecule has 126 valence electrons. The number of benzene rings is 1. The summed E-state index contributed by atoms with van der Waals surface area (Å²) >= 11 is 0. The lowest BCUT2D eigenvalue weighted by Crippen LogP contribution is -2.41. The monoisotopic (exact) mass is 329 g/mol. The summed E-state index contributed by atoms with van der Waals surface area (Å²) in [6.07, 6.45) is -2.77. The number of carboxylic acids is 1. The van der Waals surface area contributed by atoms with Crippen molar-refractivity contribution in [2.75, 3.05) is 0 Å². The molecule has 0 aliphatic carbocycles. The first-order chi connectivity index (χ1) is 10.6. The third kappa shape index (κ3) is 6.54. The molecule has 0 aromatic heterocycles. The van der Waals surface area contributed by atoms with E-state index >= 15 is 0 Å². The Morgan fingerprint density at radius 1 is 1.22 bits per heavy atom. The highest BCUT2D eigenvalue weighted by Crippen LogP contribution is 2.29. The maximum Gasteiger partial charge on any atom is 0.416 e. The van der Waals surface area contributed by atoms with Crippen molar-refractivity contribution >= 4 is 11.9 Å². The van der Waals surface area contributed by atoms with Gasteiger partial charge in [0.15, 0.2) is 0 Å². The number of nitrogens with one attached hydrogen (secondary N) is 1. The van der Waals surface area contributed by atoms with Crippen LogP contribution in [-0.4, -0.2) is 23.0 Å². The lowest BCUT2D eigenvalue weighted by atomic mass is 10.1. The standard InChI is InChI=1S/C16H18F3NO3/c1-10(2)3-8-13(15(22)23)20-14(21)9-11-4-6-12(7-5-11)16(17,18)19/h3-7,13H,8-9H2,1-2H3,(H,20,21)(H,22,23)/t13-/m0/s1. The first kappa shape index (κ1) is 18.7. The number of hydrogen-bond donors (Lipinski definition) is 2. The lowest BCUT2D eigenvalue weighted by Gasteiger charge is -2.13. The van der Waals surface area contributed by atoms with E-state index in [0.29, 0.717) is 5.56 Å². The number of carboxylic acid groups (broad SMARTS) is 1. The van der Waals surface area contributed by atoms with Gasteiger partial charge in [-0.05, 0) is 38.0 Å². The average Bonchev–Trinajstić information content (AvgIpc) is 2.42. The summed E-state index contributed by atoms with van der Waals surface area (Å²) in [5.74, 6) is -1.72. The van der Waals surface area contributed by atoms with Crippen LogP contribution in [0.4, 0.5) is 13.2 Å². The van der Waals surface area contributed by atoms with Crippen molar-refractivity contribution in [1.82, 2.24) is 5.32 Å².